The minimum absolute atomic E-state index is 0.0109. The number of hydrogen-bond donors (Lipinski definition) is 2. The lowest BCUT2D eigenvalue weighted by atomic mass is 9.97. The first-order valence-electron chi connectivity index (χ1n) is 12.4. The SMILES string of the molecule is CN(C)c1nc(N2CCC(CNS(=O)(=O)c3c(Cl)cc(C(F)(F)F)cc3Cl)CC2)nc2ccccc12.O=C(O)C(F)(F)F. The highest BCUT2D eigenvalue weighted by Crippen LogP contribution is 2.38. The molecule has 9 nitrogen and oxygen atoms in total. The molecule has 0 spiro atoms. The van der Waals surface area contributed by atoms with Gasteiger partial charge >= 0.3 is 18.3 Å². The van der Waals surface area contributed by atoms with Crippen molar-refractivity contribution >= 4 is 61.9 Å². The van der Waals surface area contributed by atoms with Gasteiger partial charge in [-0.25, -0.2) is 22.9 Å². The molecule has 2 aromatic carbocycles. The van der Waals surface area contributed by atoms with Crippen LogP contribution < -0.4 is 14.5 Å². The molecule has 0 saturated carbocycles. The second-order valence-corrected chi connectivity index (χ2v) is 12.1. The standard InChI is InChI=1S/C23H24Cl2F3N5O2S.C2HF3O2/c1-32(2)21-16-5-3-4-6-19(16)30-22(31-21)33-9-7-14(8-10-33)13-29-36(34,35)20-17(24)11-15(12-18(20)25)23(26,27)28;3-2(4,5)1(6)7/h3-6,11-12,14,29H,7-10,13H2,1-2H3;(H,6,7). The summed E-state index contributed by atoms with van der Waals surface area (Å²) in [6.45, 7) is 1.35. The Labute approximate surface area is 252 Å². The molecule has 0 bridgehead atoms. The van der Waals surface area contributed by atoms with Crippen LogP contribution in [0.2, 0.25) is 10.0 Å². The predicted octanol–water partition coefficient (Wildman–Crippen LogP) is 5.85. The molecule has 4 rings (SSSR count). The Kier molecular flexibility index (Phi) is 10.6. The van der Waals surface area contributed by atoms with E-state index in [0.717, 1.165) is 16.7 Å². The van der Waals surface area contributed by atoms with Gasteiger partial charge in [0.25, 0.3) is 0 Å². The van der Waals surface area contributed by atoms with E-state index in [-0.39, 0.29) is 12.5 Å². The van der Waals surface area contributed by atoms with Crippen LogP contribution in [0.4, 0.5) is 38.1 Å². The summed E-state index contributed by atoms with van der Waals surface area (Å²) in [6, 6.07) is 8.90. The third kappa shape index (κ3) is 8.74. The molecule has 18 heteroatoms. The molecule has 1 saturated heterocycles. The van der Waals surface area contributed by atoms with E-state index in [1.165, 1.54) is 0 Å². The van der Waals surface area contributed by atoms with E-state index >= 15 is 0 Å². The Morgan fingerprint density at radius 3 is 2.07 bits per heavy atom. The van der Waals surface area contributed by atoms with Crippen LogP contribution in [0, 0.1) is 5.92 Å². The number of sulfonamides is 1. The number of fused-ring (bicyclic) bond motifs is 1. The average molecular weight is 676 g/mol. The number of para-hydroxylation sites is 1. The van der Waals surface area contributed by atoms with Gasteiger partial charge in [-0.2, -0.15) is 31.3 Å². The van der Waals surface area contributed by atoms with Crippen LogP contribution in [0.1, 0.15) is 18.4 Å². The molecule has 1 aliphatic heterocycles. The highest BCUT2D eigenvalue weighted by Gasteiger charge is 2.38. The average Bonchev–Trinajstić information content (AvgIpc) is 2.90. The van der Waals surface area contributed by atoms with Crippen molar-refractivity contribution in [3.05, 3.63) is 52.0 Å². The number of alkyl halides is 6. The first kappa shape index (κ1) is 34.4. The van der Waals surface area contributed by atoms with E-state index in [9.17, 15) is 34.8 Å². The van der Waals surface area contributed by atoms with Gasteiger partial charge in [0.2, 0.25) is 16.0 Å². The highest BCUT2D eigenvalue weighted by atomic mass is 35.5. The number of benzene rings is 2. The summed E-state index contributed by atoms with van der Waals surface area (Å²) in [5.74, 6) is -1.32. The third-order valence-electron chi connectivity index (χ3n) is 6.29. The van der Waals surface area contributed by atoms with Gasteiger partial charge in [-0.1, -0.05) is 35.3 Å². The number of halogens is 8. The molecule has 236 valence electrons. The fraction of sp³-hybridized carbons (Fsp3) is 0.400. The van der Waals surface area contributed by atoms with Crippen molar-refractivity contribution in [1.82, 2.24) is 14.7 Å². The molecule has 1 aliphatic rings. The van der Waals surface area contributed by atoms with E-state index < -0.39 is 48.8 Å². The Balaban J connectivity index is 0.000000646. The molecule has 0 unspecified atom stereocenters. The van der Waals surface area contributed by atoms with Gasteiger partial charge in [0.1, 0.15) is 10.7 Å². The Morgan fingerprint density at radius 2 is 1.58 bits per heavy atom. The first-order valence-corrected chi connectivity index (χ1v) is 14.6. The van der Waals surface area contributed by atoms with Crippen LogP contribution in [-0.2, 0) is 21.0 Å². The molecular weight excluding hydrogens is 651 g/mol. The monoisotopic (exact) mass is 675 g/mol. The van der Waals surface area contributed by atoms with E-state index in [0.29, 0.717) is 44.0 Å². The van der Waals surface area contributed by atoms with Crippen LogP contribution in [0.15, 0.2) is 41.3 Å². The van der Waals surface area contributed by atoms with Crippen molar-refractivity contribution < 1.29 is 44.7 Å². The molecule has 0 radical (unpaired) electrons. The molecule has 2 heterocycles. The van der Waals surface area contributed by atoms with Crippen LogP contribution in [-0.4, -0.2) is 69.4 Å². The number of anilines is 2. The van der Waals surface area contributed by atoms with E-state index in [4.69, 9.17) is 43.1 Å². The normalized spacial score (nSPS) is 14.8. The fourth-order valence-electron chi connectivity index (χ4n) is 4.15. The second kappa shape index (κ2) is 13.3. The first-order chi connectivity index (χ1) is 19.8. The van der Waals surface area contributed by atoms with Gasteiger partial charge < -0.3 is 14.9 Å². The number of piperidine rings is 1. The largest absolute Gasteiger partial charge is 0.490 e. The van der Waals surface area contributed by atoms with Gasteiger partial charge in [-0.15, -0.1) is 0 Å². The smallest absolute Gasteiger partial charge is 0.475 e. The predicted molar refractivity (Wildman–Crippen MR) is 149 cm³/mol. The number of carboxylic acids is 1. The summed E-state index contributed by atoms with van der Waals surface area (Å²) in [5, 5.41) is 6.92. The molecule has 0 aliphatic carbocycles. The zero-order valence-electron chi connectivity index (χ0n) is 22.5. The third-order valence-corrected chi connectivity index (χ3v) is 8.64. The maximum atomic E-state index is 13.0. The lowest BCUT2D eigenvalue weighted by molar-refractivity contribution is -0.192. The summed E-state index contributed by atoms with van der Waals surface area (Å²) in [4.78, 5) is 21.8. The Bertz CT molecular complexity index is 1560. The van der Waals surface area contributed by atoms with Crippen molar-refractivity contribution in [2.24, 2.45) is 5.92 Å². The topological polar surface area (TPSA) is 116 Å². The fourth-order valence-corrected chi connectivity index (χ4v) is 6.47. The number of carboxylic acid groups (broad SMARTS) is 1. The van der Waals surface area contributed by atoms with Gasteiger partial charge in [-0.05, 0) is 43.0 Å². The van der Waals surface area contributed by atoms with Crippen molar-refractivity contribution in [3.63, 3.8) is 0 Å². The number of aromatic nitrogens is 2. The number of nitrogens with zero attached hydrogens (tertiary/aromatic N) is 4. The lowest BCUT2D eigenvalue weighted by Gasteiger charge is -2.32. The van der Waals surface area contributed by atoms with Crippen molar-refractivity contribution in [2.45, 2.75) is 30.1 Å². The van der Waals surface area contributed by atoms with Crippen LogP contribution in [0.5, 0.6) is 0 Å². The van der Waals surface area contributed by atoms with Crippen molar-refractivity contribution in [3.8, 4) is 0 Å². The molecule has 43 heavy (non-hydrogen) atoms. The van der Waals surface area contributed by atoms with Gasteiger partial charge in [0.05, 0.1) is 21.1 Å². The van der Waals surface area contributed by atoms with Crippen LogP contribution >= 0.6 is 23.2 Å². The number of aliphatic carboxylic acids is 1. The number of carbonyl (C=O) groups is 1. The Morgan fingerprint density at radius 1 is 1.05 bits per heavy atom. The maximum absolute atomic E-state index is 13.0. The highest BCUT2D eigenvalue weighted by molar-refractivity contribution is 7.89. The number of nitrogens with one attached hydrogen (secondary N) is 1. The zero-order valence-corrected chi connectivity index (χ0v) is 24.8. The van der Waals surface area contributed by atoms with Crippen LogP contribution in [0.25, 0.3) is 10.9 Å². The van der Waals surface area contributed by atoms with Gasteiger partial charge in [-0.3, -0.25) is 0 Å². The minimum atomic E-state index is -5.08. The Hall–Kier alpha value is -3.08. The van der Waals surface area contributed by atoms with Crippen LogP contribution in [0.3, 0.4) is 0 Å². The molecule has 3 aromatic rings. The molecule has 1 fully saturated rings. The maximum Gasteiger partial charge on any atom is 0.490 e. The summed E-state index contributed by atoms with van der Waals surface area (Å²) >= 11 is 11.8. The summed E-state index contributed by atoms with van der Waals surface area (Å²) < 4.78 is 98.7. The van der Waals surface area contributed by atoms with E-state index in [1.807, 2.05) is 43.3 Å². The van der Waals surface area contributed by atoms with E-state index in [1.54, 1.807) is 0 Å². The van der Waals surface area contributed by atoms with Gasteiger partial charge in [0, 0.05) is 39.1 Å². The number of rotatable bonds is 6. The molecule has 1 aromatic heterocycles. The van der Waals surface area contributed by atoms with Crippen molar-refractivity contribution in [1.29, 1.82) is 0 Å². The van der Waals surface area contributed by atoms with Crippen molar-refractivity contribution in [2.75, 3.05) is 43.5 Å². The molecule has 2 N–H and O–H groups in total. The molecular formula is C25H25Cl2F6N5O4S. The molecule has 0 amide bonds. The van der Waals surface area contributed by atoms with Gasteiger partial charge in [0.15, 0.2) is 0 Å². The summed E-state index contributed by atoms with van der Waals surface area (Å²) in [5.41, 5.74) is -0.275. The zero-order chi connectivity index (χ0) is 32.3. The second-order valence-electron chi connectivity index (χ2n) is 9.61. The lowest BCUT2D eigenvalue weighted by Crippen LogP contribution is -2.39. The quantitative estimate of drug-likeness (QED) is 0.313. The number of hydrogen-bond acceptors (Lipinski definition) is 7. The summed E-state index contributed by atoms with van der Waals surface area (Å²) in [7, 11) is -0.368. The minimum Gasteiger partial charge on any atom is -0.475 e. The summed E-state index contributed by atoms with van der Waals surface area (Å²) in [6.07, 6.45) is -8.44. The molecule has 0 atom stereocenters. The van der Waals surface area contributed by atoms with E-state index in [2.05, 4.69) is 9.62 Å².